The molecule has 2 heterocycles. The number of aromatic amines is 1. The lowest BCUT2D eigenvalue weighted by Crippen LogP contribution is -2.21. The molecule has 168 valence electrons. The molecule has 1 amide bonds. The molecule has 1 aliphatic rings. The molecule has 0 unspecified atom stereocenters. The number of ether oxygens (including phenoxy) is 1. The van der Waals surface area contributed by atoms with Gasteiger partial charge in [0.05, 0.1) is 22.9 Å². The summed E-state index contributed by atoms with van der Waals surface area (Å²) in [5, 5.41) is 20.6. The topological polar surface area (TPSA) is 117 Å². The average molecular weight is 480 g/mol. The molecule has 4 N–H and O–H groups in total. The maximum Gasteiger partial charge on any atom is 0.244 e. The van der Waals surface area contributed by atoms with Gasteiger partial charge in [-0.1, -0.05) is 48.9 Å². The van der Waals surface area contributed by atoms with Crippen molar-refractivity contribution < 1.29 is 9.53 Å². The summed E-state index contributed by atoms with van der Waals surface area (Å²) in [4.78, 5) is 12.5. The fraction of sp³-hybridized carbons (Fsp3) is 0.208. The molecule has 0 bridgehead atoms. The van der Waals surface area contributed by atoms with Crippen molar-refractivity contribution in [3.05, 3.63) is 87.4 Å². The van der Waals surface area contributed by atoms with E-state index in [1.165, 1.54) is 11.8 Å². The zero-order valence-corrected chi connectivity index (χ0v) is 19.5. The molecule has 1 aliphatic heterocycles. The number of H-pyrrole nitrogens is 1. The zero-order chi connectivity index (χ0) is 23.4. The third-order valence-electron chi connectivity index (χ3n) is 5.37. The Kier molecular flexibility index (Phi) is 6.92. The van der Waals surface area contributed by atoms with Crippen molar-refractivity contribution >= 4 is 35.0 Å². The second kappa shape index (κ2) is 10.0. The van der Waals surface area contributed by atoms with Crippen LogP contribution in [0, 0.1) is 11.3 Å². The lowest BCUT2D eigenvalue weighted by molar-refractivity contribution is -0.113. The number of hydrogen-bond acceptors (Lipinski definition) is 6. The molecule has 9 heteroatoms. The standard InChI is InChI=1S/C24H22ClN5O2S/c1-2-14-5-3-4-6-18(14)28-20(31)13-33-12-19-22-21(15-7-9-16(25)10-8-15)17(11-26)23(27)32-24(22)30-29-19/h3-10,21H,2,12-13,27H2,1H3,(H,28,31)(H,29,30)/t21-/m0/s1. The number of rotatable bonds is 7. The molecular formula is C24H22ClN5O2S. The first-order chi connectivity index (χ1) is 16.0. The van der Waals surface area contributed by atoms with Crippen molar-refractivity contribution in [3.8, 4) is 11.9 Å². The van der Waals surface area contributed by atoms with Crippen LogP contribution in [0.15, 0.2) is 60.0 Å². The van der Waals surface area contributed by atoms with Gasteiger partial charge in [-0.2, -0.15) is 5.26 Å². The van der Waals surface area contributed by atoms with Crippen LogP contribution < -0.4 is 15.8 Å². The summed E-state index contributed by atoms with van der Waals surface area (Å²) in [5.41, 5.74) is 10.6. The number of halogens is 1. The molecule has 33 heavy (non-hydrogen) atoms. The number of thioether (sulfide) groups is 1. The largest absolute Gasteiger partial charge is 0.420 e. The second-order valence-electron chi connectivity index (χ2n) is 7.45. The van der Waals surface area contributed by atoms with E-state index in [2.05, 4.69) is 28.5 Å². The number of anilines is 1. The van der Waals surface area contributed by atoms with E-state index in [1.807, 2.05) is 36.4 Å². The van der Waals surface area contributed by atoms with E-state index in [9.17, 15) is 10.1 Å². The maximum absolute atomic E-state index is 12.5. The number of aromatic nitrogens is 2. The summed E-state index contributed by atoms with van der Waals surface area (Å²) in [7, 11) is 0. The third-order valence-corrected chi connectivity index (χ3v) is 6.58. The number of para-hydroxylation sites is 1. The summed E-state index contributed by atoms with van der Waals surface area (Å²) in [5.74, 6) is 0.601. The number of nitrogens with one attached hydrogen (secondary N) is 2. The van der Waals surface area contributed by atoms with Crippen molar-refractivity contribution in [2.75, 3.05) is 11.1 Å². The second-order valence-corrected chi connectivity index (χ2v) is 8.87. The Morgan fingerprint density at radius 3 is 2.79 bits per heavy atom. The molecule has 3 aromatic rings. The first-order valence-electron chi connectivity index (χ1n) is 10.4. The summed E-state index contributed by atoms with van der Waals surface area (Å²) in [6.45, 7) is 2.05. The number of nitriles is 1. The molecular weight excluding hydrogens is 458 g/mol. The minimum atomic E-state index is -0.435. The first kappa shape index (κ1) is 22.8. The SMILES string of the molecule is CCc1ccccc1NC(=O)CSCc1[nH]nc2c1[C@@H](c1ccc(Cl)cc1)C(C#N)=C(N)O2. The summed E-state index contributed by atoms with van der Waals surface area (Å²) >= 11 is 7.49. The number of amides is 1. The Morgan fingerprint density at radius 1 is 1.30 bits per heavy atom. The fourth-order valence-corrected chi connectivity index (χ4v) is 4.70. The molecule has 0 saturated carbocycles. The number of aryl methyl sites for hydroxylation is 1. The first-order valence-corrected chi connectivity index (χ1v) is 11.9. The van der Waals surface area contributed by atoms with Gasteiger partial charge in [0.2, 0.25) is 17.7 Å². The van der Waals surface area contributed by atoms with Crippen LogP contribution in [-0.4, -0.2) is 21.9 Å². The number of carbonyl (C=O) groups is 1. The number of carbonyl (C=O) groups excluding carboxylic acids is 1. The molecule has 7 nitrogen and oxygen atoms in total. The van der Waals surface area contributed by atoms with Crippen molar-refractivity contribution in [3.63, 3.8) is 0 Å². The van der Waals surface area contributed by atoms with Gasteiger partial charge in [-0.05, 0) is 35.7 Å². The van der Waals surface area contributed by atoms with Crippen LogP contribution in [0.3, 0.4) is 0 Å². The number of benzene rings is 2. The Bertz CT molecular complexity index is 1250. The lowest BCUT2D eigenvalue weighted by Gasteiger charge is -2.24. The highest BCUT2D eigenvalue weighted by Crippen LogP contribution is 2.43. The van der Waals surface area contributed by atoms with Crippen LogP contribution in [0.4, 0.5) is 5.69 Å². The molecule has 0 spiro atoms. The van der Waals surface area contributed by atoms with Crippen molar-refractivity contribution in [1.82, 2.24) is 10.2 Å². The lowest BCUT2D eigenvalue weighted by atomic mass is 9.84. The maximum atomic E-state index is 12.5. The predicted molar refractivity (Wildman–Crippen MR) is 130 cm³/mol. The molecule has 1 aromatic heterocycles. The Morgan fingerprint density at radius 2 is 2.06 bits per heavy atom. The van der Waals surface area contributed by atoms with Gasteiger partial charge in [-0.15, -0.1) is 16.9 Å². The highest BCUT2D eigenvalue weighted by atomic mass is 35.5. The number of hydrogen-bond donors (Lipinski definition) is 3. The number of nitrogens with two attached hydrogens (primary N) is 1. The summed E-state index contributed by atoms with van der Waals surface area (Å²) < 4.78 is 5.60. The van der Waals surface area contributed by atoms with Crippen LogP contribution in [0.25, 0.3) is 0 Å². The van der Waals surface area contributed by atoms with E-state index in [-0.39, 0.29) is 17.5 Å². The van der Waals surface area contributed by atoms with Gasteiger partial charge in [-0.3, -0.25) is 9.89 Å². The summed E-state index contributed by atoms with van der Waals surface area (Å²) in [6.07, 6.45) is 0.841. The summed E-state index contributed by atoms with van der Waals surface area (Å²) in [6, 6.07) is 17.2. The zero-order valence-electron chi connectivity index (χ0n) is 17.9. The van der Waals surface area contributed by atoms with Crippen LogP contribution in [0.5, 0.6) is 5.88 Å². The van der Waals surface area contributed by atoms with Gasteiger partial charge in [0.1, 0.15) is 11.6 Å². The van der Waals surface area contributed by atoms with Gasteiger partial charge in [-0.25, -0.2) is 0 Å². The van der Waals surface area contributed by atoms with Gasteiger partial charge in [0.15, 0.2) is 0 Å². The van der Waals surface area contributed by atoms with Crippen molar-refractivity contribution in [2.24, 2.45) is 5.73 Å². The van der Waals surface area contributed by atoms with Crippen molar-refractivity contribution in [2.45, 2.75) is 25.0 Å². The fourth-order valence-electron chi connectivity index (χ4n) is 3.79. The average Bonchev–Trinajstić information content (AvgIpc) is 3.21. The number of fused-ring (bicyclic) bond motifs is 1. The minimum Gasteiger partial charge on any atom is -0.420 e. The van der Waals surface area contributed by atoms with E-state index in [1.54, 1.807) is 12.1 Å². The Hall–Kier alpha value is -3.41. The molecule has 4 rings (SSSR count). The molecule has 1 atom stereocenters. The number of nitrogens with zero attached hydrogens (tertiary/aromatic N) is 2. The van der Waals surface area contributed by atoms with Crippen LogP contribution in [0.2, 0.25) is 5.02 Å². The van der Waals surface area contributed by atoms with Gasteiger partial charge >= 0.3 is 0 Å². The molecule has 2 aromatic carbocycles. The monoisotopic (exact) mass is 479 g/mol. The minimum absolute atomic E-state index is 0.0321. The Labute approximate surface area is 201 Å². The van der Waals surface area contributed by atoms with Crippen molar-refractivity contribution in [1.29, 1.82) is 5.26 Å². The molecule has 0 aliphatic carbocycles. The van der Waals surface area contributed by atoms with E-state index >= 15 is 0 Å². The highest BCUT2D eigenvalue weighted by molar-refractivity contribution is 7.99. The molecule has 0 radical (unpaired) electrons. The van der Waals surface area contributed by atoms with Crippen LogP contribution >= 0.6 is 23.4 Å². The van der Waals surface area contributed by atoms with E-state index in [0.29, 0.717) is 22.2 Å². The van der Waals surface area contributed by atoms with E-state index < -0.39 is 5.92 Å². The Balaban J connectivity index is 1.51. The van der Waals surface area contributed by atoms with Crippen LogP contribution in [0.1, 0.15) is 35.2 Å². The smallest absolute Gasteiger partial charge is 0.244 e. The predicted octanol–water partition coefficient (Wildman–Crippen LogP) is 4.72. The molecule has 0 saturated heterocycles. The van der Waals surface area contributed by atoms with Gasteiger partial charge in [0.25, 0.3) is 0 Å². The quantitative estimate of drug-likeness (QED) is 0.451. The van der Waals surface area contributed by atoms with Gasteiger partial charge in [0, 0.05) is 16.5 Å². The molecule has 0 fully saturated rings. The van der Waals surface area contributed by atoms with Crippen LogP contribution in [-0.2, 0) is 17.0 Å². The highest BCUT2D eigenvalue weighted by Gasteiger charge is 2.35. The number of allylic oxidation sites excluding steroid dienone is 1. The van der Waals surface area contributed by atoms with Gasteiger partial charge < -0.3 is 15.8 Å². The van der Waals surface area contributed by atoms with E-state index in [0.717, 1.165) is 34.5 Å². The normalized spacial score (nSPS) is 14.9. The third kappa shape index (κ3) is 4.85. The van der Waals surface area contributed by atoms with E-state index in [4.69, 9.17) is 22.1 Å².